The van der Waals surface area contributed by atoms with E-state index in [9.17, 15) is 0 Å². The molecule has 66 heavy (non-hydrogen) atoms. The van der Waals surface area contributed by atoms with Crippen LogP contribution in [0.5, 0.6) is 11.5 Å². The molecule has 0 unspecified atom stereocenters. The number of ether oxygens (including phenoxy) is 1. The van der Waals surface area contributed by atoms with Crippen LogP contribution in [0.15, 0.2) is 158 Å². The minimum absolute atomic E-state index is 0.0505. The molecule has 322 valence electrons. The van der Waals surface area contributed by atoms with Crippen LogP contribution in [0.1, 0.15) is 110 Å². The Bertz CT molecular complexity index is 3110. The first-order valence-electron chi connectivity index (χ1n) is 25.8. The van der Waals surface area contributed by atoms with Crippen LogP contribution in [0.4, 0.5) is 0 Å². The van der Waals surface area contributed by atoms with Gasteiger partial charge in [0.15, 0.2) is 0 Å². The quantitative estimate of drug-likeness (QED) is 0.157. The van der Waals surface area contributed by atoms with Crippen LogP contribution in [-0.4, -0.2) is 11.3 Å². The molecule has 1 aromatic heterocycles. The summed E-state index contributed by atoms with van der Waals surface area (Å²) in [7, 11) is 0. The van der Waals surface area contributed by atoms with E-state index < -0.39 is 5.41 Å². The van der Waals surface area contributed by atoms with Crippen molar-refractivity contribution < 1.29 is 4.74 Å². The molecular weight excluding hydrogens is 798 g/mol. The van der Waals surface area contributed by atoms with Gasteiger partial charge in [0.05, 0.1) is 16.4 Å². The summed E-state index contributed by atoms with van der Waals surface area (Å²) in [4.78, 5) is 0. The van der Waals surface area contributed by atoms with Crippen molar-refractivity contribution in [2.24, 2.45) is 35.5 Å². The van der Waals surface area contributed by atoms with E-state index >= 15 is 0 Å². The zero-order chi connectivity index (χ0) is 42.9. The third-order valence-electron chi connectivity index (χ3n) is 19.7. The van der Waals surface area contributed by atoms with E-state index in [-0.39, 0.29) is 6.71 Å². The van der Waals surface area contributed by atoms with Gasteiger partial charge in [0.2, 0.25) is 0 Å². The van der Waals surface area contributed by atoms with E-state index in [2.05, 4.69) is 162 Å². The van der Waals surface area contributed by atoms with Crippen LogP contribution in [0.2, 0.25) is 0 Å². The molecule has 2 nitrogen and oxygen atoms in total. The fraction of sp³-hybridized carbons (Fsp3) is 0.333. The number of benzene rings is 7. The zero-order valence-corrected chi connectivity index (χ0v) is 37.9. The second-order valence-corrected chi connectivity index (χ2v) is 23.2. The summed E-state index contributed by atoms with van der Waals surface area (Å²) in [5.41, 5.74) is 16.4. The zero-order valence-electron chi connectivity index (χ0n) is 37.9. The number of nitrogens with zero attached hydrogens (tertiary/aromatic N) is 1. The Morgan fingerprint density at radius 1 is 0.409 bits per heavy atom. The van der Waals surface area contributed by atoms with Crippen molar-refractivity contribution in [1.29, 1.82) is 0 Å². The monoisotopic (exact) mass is 853 g/mol. The Hall–Kier alpha value is -5.80. The van der Waals surface area contributed by atoms with Gasteiger partial charge < -0.3 is 9.30 Å². The topological polar surface area (TPSA) is 14.2 Å². The minimum Gasteiger partial charge on any atom is -0.458 e. The maximum atomic E-state index is 7.27. The third-order valence-corrected chi connectivity index (χ3v) is 19.7. The first kappa shape index (κ1) is 37.3. The highest BCUT2D eigenvalue weighted by Crippen LogP contribution is 2.63. The lowest BCUT2D eigenvalue weighted by Crippen LogP contribution is -2.63. The van der Waals surface area contributed by atoms with Crippen LogP contribution in [0.25, 0.3) is 27.5 Å². The molecule has 0 amide bonds. The third kappa shape index (κ3) is 4.95. The molecule has 2 aliphatic heterocycles. The van der Waals surface area contributed by atoms with E-state index in [0.717, 1.165) is 47.0 Å². The molecule has 8 aromatic rings. The number of hydrogen-bond acceptors (Lipinski definition) is 1. The van der Waals surface area contributed by atoms with Gasteiger partial charge in [0.1, 0.15) is 11.5 Å². The molecule has 0 spiro atoms. The van der Waals surface area contributed by atoms with Crippen molar-refractivity contribution >= 4 is 44.9 Å². The standard InChI is InChI=1S/C63H56BNO/c1-3-10-45(11-4-1)63(46-12-5-2-6-13-46)52-14-7-8-16-54(52)64-55-21-20-49(32-59(55)66-58-17-9-15-53(63)60(58)64)65-56-22-18-47(61-33-39-24-40(34-61)26-41(25-39)35-61)30-50(56)51-31-48(19-23-57(51)65)62-36-42-27-43(37-62)29-44(28-42)38-62/h1-23,30-32,39-44H,24-29,33-38H2. The molecule has 8 saturated carbocycles. The molecule has 7 aromatic carbocycles. The van der Waals surface area contributed by atoms with Crippen molar-refractivity contribution in [2.75, 3.05) is 0 Å². The molecule has 0 saturated heterocycles. The fourth-order valence-corrected chi connectivity index (χ4v) is 18.1. The van der Waals surface area contributed by atoms with Crippen LogP contribution >= 0.6 is 0 Å². The van der Waals surface area contributed by atoms with Gasteiger partial charge in [-0.1, -0.05) is 121 Å². The molecule has 3 heteroatoms. The molecule has 10 aliphatic rings. The first-order chi connectivity index (χ1) is 32.5. The predicted molar refractivity (Wildman–Crippen MR) is 270 cm³/mol. The molecule has 8 bridgehead atoms. The van der Waals surface area contributed by atoms with Crippen molar-refractivity contribution in [3.8, 4) is 17.2 Å². The average molecular weight is 854 g/mol. The second kappa shape index (κ2) is 13.2. The summed E-state index contributed by atoms with van der Waals surface area (Å²) in [6, 6.07) is 61.2. The van der Waals surface area contributed by atoms with E-state index in [0.29, 0.717) is 10.8 Å². The number of aromatic nitrogens is 1. The van der Waals surface area contributed by atoms with Gasteiger partial charge in [-0.2, -0.15) is 0 Å². The predicted octanol–water partition coefficient (Wildman–Crippen LogP) is 13.0. The maximum Gasteiger partial charge on any atom is 0.251 e. The van der Waals surface area contributed by atoms with Crippen molar-refractivity contribution in [2.45, 2.75) is 93.3 Å². The highest BCUT2D eigenvalue weighted by Gasteiger charge is 2.54. The average Bonchev–Trinajstić information content (AvgIpc) is 3.67. The smallest absolute Gasteiger partial charge is 0.251 e. The van der Waals surface area contributed by atoms with Crippen LogP contribution < -0.4 is 21.1 Å². The van der Waals surface area contributed by atoms with E-state index in [4.69, 9.17) is 4.74 Å². The lowest BCUT2D eigenvalue weighted by atomic mass is 9.30. The number of hydrogen-bond donors (Lipinski definition) is 0. The fourth-order valence-electron chi connectivity index (χ4n) is 18.1. The lowest BCUT2D eigenvalue weighted by Gasteiger charge is -2.57. The van der Waals surface area contributed by atoms with Gasteiger partial charge in [-0.15, -0.1) is 0 Å². The van der Waals surface area contributed by atoms with Gasteiger partial charge in [-0.05, 0) is 204 Å². The molecule has 8 fully saturated rings. The van der Waals surface area contributed by atoms with Crippen LogP contribution in [0.3, 0.4) is 0 Å². The summed E-state index contributed by atoms with van der Waals surface area (Å²) in [5.74, 6) is 7.50. The molecule has 3 heterocycles. The summed E-state index contributed by atoms with van der Waals surface area (Å²) in [5, 5.41) is 2.91. The van der Waals surface area contributed by atoms with Crippen molar-refractivity contribution in [3.63, 3.8) is 0 Å². The molecule has 0 radical (unpaired) electrons. The van der Waals surface area contributed by atoms with Crippen LogP contribution in [0, 0.1) is 35.5 Å². The lowest BCUT2D eigenvalue weighted by molar-refractivity contribution is -0.00528. The maximum absolute atomic E-state index is 7.27. The first-order valence-corrected chi connectivity index (χ1v) is 25.8. The summed E-state index contributed by atoms with van der Waals surface area (Å²) in [6.07, 6.45) is 17.3. The Morgan fingerprint density at radius 2 is 0.909 bits per heavy atom. The number of rotatable bonds is 5. The Balaban J connectivity index is 0.880. The molecule has 8 aliphatic carbocycles. The van der Waals surface area contributed by atoms with Gasteiger partial charge >= 0.3 is 0 Å². The summed E-state index contributed by atoms with van der Waals surface area (Å²) in [6.45, 7) is 0.0505. The van der Waals surface area contributed by atoms with Gasteiger partial charge in [0, 0.05) is 22.5 Å². The Kier molecular flexibility index (Phi) is 7.47. The highest BCUT2D eigenvalue weighted by atomic mass is 16.5. The Labute approximate surface area is 389 Å². The van der Waals surface area contributed by atoms with Gasteiger partial charge in [-0.25, -0.2) is 0 Å². The largest absolute Gasteiger partial charge is 0.458 e. The molecule has 0 atom stereocenters. The van der Waals surface area contributed by atoms with Crippen molar-refractivity contribution in [3.05, 3.63) is 191 Å². The number of fused-ring (bicyclic) bond motifs is 7. The van der Waals surface area contributed by atoms with Gasteiger partial charge in [0.25, 0.3) is 6.71 Å². The molecular formula is C63H56BNO. The minimum atomic E-state index is -0.491. The van der Waals surface area contributed by atoms with E-state index in [1.807, 2.05) is 0 Å². The summed E-state index contributed by atoms with van der Waals surface area (Å²) < 4.78 is 9.86. The van der Waals surface area contributed by atoms with Gasteiger partial charge in [-0.3, -0.25) is 0 Å². The van der Waals surface area contributed by atoms with E-state index in [1.54, 1.807) is 11.1 Å². The summed E-state index contributed by atoms with van der Waals surface area (Å²) >= 11 is 0. The Morgan fingerprint density at radius 3 is 1.45 bits per heavy atom. The van der Waals surface area contributed by atoms with Crippen molar-refractivity contribution in [1.82, 2.24) is 4.57 Å². The van der Waals surface area contributed by atoms with E-state index in [1.165, 1.54) is 143 Å². The van der Waals surface area contributed by atoms with Crippen LogP contribution in [-0.2, 0) is 16.2 Å². The SMILES string of the molecule is c1ccc(C2(c3ccccc3)c3ccccc3B3c4ccc(-n5c6ccc(C78CC9CC(CC(C9)C7)C8)cc6c6cc(C78CC9CC(CC(C9)C7)C8)ccc65)cc4Oc4cccc2c43)cc1. The second-order valence-electron chi connectivity index (χ2n) is 23.2. The highest BCUT2D eigenvalue weighted by molar-refractivity contribution is 6.98. The molecule has 18 rings (SSSR count). The molecule has 0 N–H and O–H groups in total. The normalized spacial score (nSPS) is 30.0.